The molecule has 0 spiro atoms. The third-order valence-electron chi connectivity index (χ3n) is 9.36. The molecule has 0 aliphatic carbocycles. The van der Waals surface area contributed by atoms with Crippen LogP contribution in [0.25, 0.3) is 93.0 Å². The van der Waals surface area contributed by atoms with Crippen LogP contribution >= 0.6 is 0 Å². The number of aromatic nitrogens is 3. The SMILES string of the molecule is c1ccc(-c2nc(-n3c4ccccc4c4ccc5c6c7ccccc7ccc6c6ccccc6c5c43)nc3ccccc23)cc1. The monoisotopic (exact) mass is 571 g/mol. The molecule has 2 aromatic heterocycles. The highest BCUT2D eigenvalue weighted by molar-refractivity contribution is 6.37. The minimum Gasteiger partial charge on any atom is -0.277 e. The molecule has 3 heteroatoms. The third-order valence-corrected chi connectivity index (χ3v) is 9.36. The number of hydrogen-bond donors (Lipinski definition) is 0. The molecule has 45 heavy (non-hydrogen) atoms. The number of para-hydroxylation sites is 2. The van der Waals surface area contributed by atoms with E-state index in [4.69, 9.17) is 9.97 Å². The van der Waals surface area contributed by atoms with Gasteiger partial charge in [-0.1, -0.05) is 140 Å². The van der Waals surface area contributed by atoms with E-state index < -0.39 is 0 Å². The fourth-order valence-electron chi connectivity index (χ4n) is 7.45. The topological polar surface area (TPSA) is 30.7 Å². The van der Waals surface area contributed by atoms with Gasteiger partial charge in [0.1, 0.15) is 0 Å². The Morgan fingerprint density at radius 2 is 1.00 bits per heavy atom. The van der Waals surface area contributed by atoms with Gasteiger partial charge < -0.3 is 0 Å². The minimum absolute atomic E-state index is 0.674. The van der Waals surface area contributed by atoms with Crippen molar-refractivity contribution < 1.29 is 0 Å². The average Bonchev–Trinajstić information content (AvgIpc) is 3.45. The molecule has 3 nitrogen and oxygen atoms in total. The van der Waals surface area contributed by atoms with Crippen LogP contribution in [-0.2, 0) is 0 Å². The molecule has 0 saturated heterocycles. The van der Waals surface area contributed by atoms with Gasteiger partial charge in [0.25, 0.3) is 0 Å². The van der Waals surface area contributed by atoms with Crippen molar-refractivity contribution in [2.24, 2.45) is 0 Å². The Balaban J connectivity index is 1.46. The van der Waals surface area contributed by atoms with Crippen LogP contribution < -0.4 is 0 Å². The van der Waals surface area contributed by atoms with Crippen LogP contribution in [0.3, 0.4) is 0 Å². The number of hydrogen-bond acceptors (Lipinski definition) is 2. The van der Waals surface area contributed by atoms with Gasteiger partial charge in [0.15, 0.2) is 0 Å². The van der Waals surface area contributed by atoms with E-state index in [2.05, 4.69) is 150 Å². The lowest BCUT2D eigenvalue weighted by Gasteiger charge is -2.16. The Kier molecular flexibility index (Phi) is 5.00. The van der Waals surface area contributed by atoms with Crippen molar-refractivity contribution in [3.63, 3.8) is 0 Å². The summed E-state index contributed by atoms with van der Waals surface area (Å²) in [5.74, 6) is 0.674. The van der Waals surface area contributed by atoms with Crippen LogP contribution in [0.5, 0.6) is 0 Å². The molecule has 2 heterocycles. The van der Waals surface area contributed by atoms with Crippen molar-refractivity contribution in [1.82, 2.24) is 14.5 Å². The summed E-state index contributed by atoms with van der Waals surface area (Å²) in [7, 11) is 0. The summed E-state index contributed by atoms with van der Waals surface area (Å²) >= 11 is 0. The van der Waals surface area contributed by atoms with E-state index >= 15 is 0 Å². The molecular formula is C42H25N3. The lowest BCUT2D eigenvalue weighted by molar-refractivity contribution is 1.02. The third kappa shape index (κ3) is 3.41. The first-order valence-corrected chi connectivity index (χ1v) is 15.4. The van der Waals surface area contributed by atoms with Gasteiger partial charge in [-0.2, -0.15) is 0 Å². The van der Waals surface area contributed by atoms with Crippen LogP contribution in [0.1, 0.15) is 0 Å². The smallest absolute Gasteiger partial charge is 0.235 e. The summed E-state index contributed by atoms with van der Waals surface area (Å²) < 4.78 is 2.30. The van der Waals surface area contributed by atoms with Gasteiger partial charge in [0.2, 0.25) is 5.95 Å². The lowest BCUT2D eigenvalue weighted by atomic mass is 9.90. The maximum Gasteiger partial charge on any atom is 0.235 e. The van der Waals surface area contributed by atoms with Crippen molar-refractivity contribution >= 4 is 75.8 Å². The average molecular weight is 572 g/mol. The molecule has 0 unspecified atom stereocenters. The van der Waals surface area contributed by atoms with Gasteiger partial charge in [0.05, 0.1) is 22.2 Å². The van der Waals surface area contributed by atoms with Crippen LogP contribution in [0.4, 0.5) is 0 Å². The van der Waals surface area contributed by atoms with E-state index in [1.54, 1.807) is 0 Å². The van der Waals surface area contributed by atoms with Gasteiger partial charge in [-0.05, 0) is 49.8 Å². The highest BCUT2D eigenvalue weighted by atomic mass is 15.2. The first kappa shape index (κ1) is 24.4. The predicted octanol–water partition coefficient (Wildman–Crippen LogP) is 11.0. The van der Waals surface area contributed by atoms with Crippen molar-refractivity contribution in [1.29, 1.82) is 0 Å². The Labute approximate surface area is 258 Å². The second-order valence-electron chi connectivity index (χ2n) is 11.7. The molecule has 8 aromatic carbocycles. The molecule has 0 saturated carbocycles. The van der Waals surface area contributed by atoms with Crippen molar-refractivity contribution in [3.8, 4) is 17.2 Å². The zero-order valence-electron chi connectivity index (χ0n) is 24.3. The fraction of sp³-hybridized carbons (Fsp3) is 0. The highest BCUT2D eigenvalue weighted by Crippen LogP contribution is 2.44. The zero-order chi connectivity index (χ0) is 29.5. The molecule has 0 N–H and O–H groups in total. The van der Waals surface area contributed by atoms with Crippen LogP contribution in [0.15, 0.2) is 152 Å². The highest BCUT2D eigenvalue weighted by Gasteiger charge is 2.21. The predicted molar refractivity (Wildman–Crippen MR) is 189 cm³/mol. The summed E-state index contributed by atoms with van der Waals surface area (Å²) in [6.45, 7) is 0. The molecule has 0 bridgehead atoms. The first-order valence-electron chi connectivity index (χ1n) is 15.4. The van der Waals surface area contributed by atoms with Gasteiger partial charge in [-0.25, -0.2) is 9.97 Å². The Morgan fingerprint density at radius 3 is 1.87 bits per heavy atom. The summed E-state index contributed by atoms with van der Waals surface area (Å²) in [6.07, 6.45) is 0. The normalized spacial score (nSPS) is 12.0. The van der Waals surface area contributed by atoms with Gasteiger partial charge in [-0.3, -0.25) is 4.57 Å². The molecule has 0 radical (unpaired) electrons. The number of nitrogens with zero attached hydrogens (tertiary/aromatic N) is 3. The first-order chi connectivity index (χ1) is 22.3. The molecule has 10 rings (SSSR count). The summed E-state index contributed by atoms with van der Waals surface area (Å²) in [4.78, 5) is 10.6. The van der Waals surface area contributed by atoms with Crippen molar-refractivity contribution in [3.05, 3.63) is 152 Å². The van der Waals surface area contributed by atoms with Crippen LogP contribution in [-0.4, -0.2) is 14.5 Å². The van der Waals surface area contributed by atoms with Gasteiger partial charge in [-0.15, -0.1) is 0 Å². The van der Waals surface area contributed by atoms with E-state index in [0.717, 1.165) is 33.2 Å². The molecule has 0 fully saturated rings. The van der Waals surface area contributed by atoms with E-state index in [1.807, 2.05) is 6.07 Å². The van der Waals surface area contributed by atoms with Crippen molar-refractivity contribution in [2.45, 2.75) is 0 Å². The van der Waals surface area contributed by atoms with Gasteiger partial charge in [0, 0.05) is 27.1 Å². The number of benzene rings is 8. The van der Waals surface area contributed by atoms with Crippen molar-refractivity contribution in [2.75, 3.05) is 0 Å². The maximum absolute atomic E-state index is 5.36. The van der Waals surface area contributed by atoms with E-state index in [9.17, 15) is 0 Å². The fourth-order valence-corrected chi connectivity index (χ4v) is 7.45. The molecule has 0 aliphatic rings. The minimum atomic E-state index is 0.674. The van der Waals surface area contributed by atoms with Crippen LogP contribution in [0, 0.1) is 0 Å². The maximum atomic E-state index is 5.36. The summed E-state index contributed by atoms with van der Waals surface area (Å²) in [5, 5.41) is 13.4. The number of fused-ring (bicyclic) bond motifs is 13. The van der Waals surface area contributed by atoms with E-state index in [1.165, 1.54) is 53.9 Å². The number of rotatable bonds is 2. The van der Waals surface area contributed by atoms with E-state index in [0.29, 0.717) is 5.95 Å². The van der Waals surface area contributed by atoms with E-state index in [-0.39, 0.29) is 0 Å². The second kappa shape index (κ2) is 9.22. The Morgan fingerprint density at radius 1 is 0.378 bits per heavy atom. The Hall–Kier alpha value is -6.06. The molecule has 0 amide bonds. The lowest BCUT2D eigenvalue weighted by Crippen LogP contribution is -2.04. The Bertz CT molecular complexity index is 2810. The molecule has 0 atom stereocenters. The second-order valence-corrected chi connectivity index (χ2v) is 11.7. The quantitative estimate of drug-likeness (QED) is 0.193. The standard InChI is InChI=1S/C42H25N3/c1-2-13-27(14-3-1)40-34-19-8-10-20-36(34)43-42(44-40)45-37-21-11-9-17-30(37)33-24-25-35-38-28-15-5-4-12-26(28)22-23-32(38)29-16-6-7-18-31(29)39(35)41(33)45/h1-25H. The summed E-state index contributed by atoms with van der Waals surface area (Å²) in [6, 6.07) is 54.1. The van der Waals surface area contributed by atoms with Crippen LogP contribution in [0.2, 0.25) is 0 Å². The molecule has 10 aromatic rings. The molecule has 0 aliphatic heterocycles. The summed E-state index contributed by atoms with van der Waals surface area (Å²) in [5.41, 5.74) is 5.16. The molecule has 208 valence electrons. The largest absolute Gasteiger partial charge is 0.277 e. The van der Waals surface area contributed by atoms with Gasteiger partial charge >= 0.3 is 0 Å². The molecular weight excluding hydrogens is 546 g/mol. The zero-order valence-corrected chi connectivity index (χ0v) is 24.3.